The van der Waals surface area contributed by atoms with Gasteiger partial charge in [-0.1, -0.05) is 11.6 Å². The van der Waals surface area contributed by atoms with Crippen LogP contribution >= 0.6 is 11.6 Å². The molecule has 88 valence electrons. The van der Waals surface area contributed by atoms with Crippen LogP contribution in [0.3, 0.4) is 0 Å². The molecule has 2 nitrogen and oxygen atoms in total. The first-order valence-corrected chi connectivity index (χ1v) is 5.87. The van der Waals surface area contributed by atoms with Gasteiger partial charge in [0.2, 0.25) is 0 Å². The zero-order chi connectivity index (χ0) is 11.5. The Morgan fingerprint density at radius 3 is 2.88 bits per heavy atom. The lowest BCUT2D eigenvalue weighted by Crippen LogP contribution is -2.12. The van der Waals surface area contributed by atoms with Crippen molar-refractivity contribution in [1.29, 1.82) is 0 Å². The first-order chi connectivity index (χ1) is 7.70. The maximum absolute atomic E-state index is 13.2. The van der Waals surface area contributed by atoms with Gasteiger partial charge in [-0.2, -0.15) is 0 Å². The van der Waals surface area contributed by atoms with Crippen LogP contribution in [0.5, 0.6) is 5.75 Å². The summed E-state index contributed by atoms with van der Waals surface area (Å²) in [6.45, 7) is 0.779. The van der Waals surface area contributed by atoms with Crippen molar-refractivity contribution in [2.24, 2.45) is 0 Å². The molecule has 0 bridgehead atoms. The Bertz CT molecular complexity index is 380. The number of benzene rings is 1. The van der Waals surface area contributed by atoms with Crippen molar-refractivity contribution in [3.05, 3.63) is 28.5 Å². The Morgan fingerprint density at radius 2 is 2.25 bits per heavy atom. The zero-order valence-electron chi connectivity index (χ0n) is 9.22. The molecule has 0 heterocycles. The van der Waals surface area contributed by atoms with Gasteiger partial charge in [0.05, 0.1) is 11.1 Å². The van der Waals surface area contributed by atoms with Crippen LogP contribution in [-0.4, -0.2) is 19.7 Å². The monoisotopic (exact) mass is 243 g/mol. The van der Waals surface area contributed by atoms with E-state index in [9.17, 15) is 4.39 Å². The number of likely N-dealkylation sites (N-methyl/N-ethyl adjacent to an activating group) is 1. The van der Waals surface area contributed by atoms with E-state index in [0.717, 1.165) is 31.4 Å². The third-order valence-electron chi connectivity index (χ3n) is 2.54. The van der Waals surface area contributed by atoms with E-state index in [4.69, 9.17) is 16.3 Å². The van der Waals surface area contributed by atoms with Gasteiger partial charge in [0, 0.05) is 0 Å². The minimum Gasteiger partial charge on any atom is -0.489 e. The fourth-order valence-electron chi connectivity index (χ4n) is 1.54. The van der Waals surface area contributed by atoms with Gasteiger partial charge in [-0.25, -0.2) is 4.39 Å². The Hall–Kier alpha value is -0.800. The van der Waals surface area contributed by atoms with Crippen LogP contribution < -0.4 is 10.1 Å². The summed E-state index contributed by atoms with van der Waals surface area (Å²) in [5.41, 5.74) is 0.839. The molecule has 0 saturated heterocycles. The van der Waals surface area contributed by atoms with Gasteiger partial charge in [0.1, 0.15) is 11.6 Å². The van der Waals surface area contributed by atoms with E-state index >= 15 is 0 Å². The maximum atomic E-state index is 13.2. The van der Waals surface area contributed by atoms with Gasteiger partial charge in [0.25, 0.3) is 0 Å². The summed E-state index contributed by atoms with van der Waals surface area (Å²) >= 11 is 6.00. The molecule has 2 rings (SSSR count). The standard InChI is InChI=1S/C12H15ClFNO/c1-15-5-4-8-6-9(14)7-11(13)12(8)16-10-2-3-10/h6-7,10,15H,2-5H2,1H3. The normalized spacial score (nSPS) is 15.2. The first-order valence-electron chi connectivity index (χ1n) is 5.50. The number of hydrogen-bond acceptors (Lipinski definition) is 2. The minimum atomic E-state index is -0.306. The number of hydrogen-bond donors (Lipinski definition) is 1. The number of ether oxygens (including phenoxy) is 1. The van der Waals surface area contributed by atoms with E-state index in [1.807, 2.05) is 7.05 Å². The van der Waals surface area contributed by atoms with Crippen LogP contribution in [0.25, 0.3) is 0 Å². The SMILES string of the molecule is CNCCc1cc(F)cc(Cl)c1OC1CC1. The molecule has 4 heteroatoms. The van der Waals surface area contributed by atoms with Crippen LogP contribution in [0.1, 0.15) is 18.4 Å². The highest BCUT2D eigenvalue weighted by atomic mass is 35.5. The summed E-state index contributed by atoms with van der Waals surface area (Å²) in [7, 11) is 1.86. The molecule has 0 aromatic heterocycles. The number of rotatable bonds is 5. The summed E-state index contributed by atoms with van der Waals surface area (Å²) in [5, 5.41) is 3.40. The predicted octanol–water partition coefficient (Wildman–Crippen LogP) is 2.78. The molecule has 1 aromatic carbocycles. The van der Waals surface area contributed by atoms with Crippen molar-refractivity contribution in [3.8, 4) is 5.75 Å². The van der Waals surface area contributed by atoms with E-state index in [1.54, 1.807) is 0 Å². The molecule has 16 heavy (non-hydrogen) atoms. The topological polar surface area (TPSA) is 21.3 Å². The lowest BCUT2D eigenvalue weighted by molar-refractivity contribution is 0.299. The molecule has 1 aromatic rings. The van der Waals surface area contributed by atoms with Crippen molar-refractivity contribution < 1.29 is 9.13 Å². The smallest absolute Gasteiger partial charge is 0.141 e. The number of halogens is 2. The lowest BCUT2D eigenvalue weighted by atomic mass is 10.1. The molecule has 0 aliphatic heterocycles. The van der Waals surface area contributed by atoms with E-state index in [-0.39, 0.29) is 11.9 Å². The van der Waals surface area contributed by atoms with Gasteiger partial charge in [-0.05, 0) is 50.6 Å². The fourth-order valence-corrected chi connectivity index (χ4v) is 1.81. The maximum Gasteiger partial charge on any atom is 0.141 e. The molecule has 1 fully saturated rings. The van der Waals surface area contributed by atoms with Crippen LogP contribution in [0.4, 0.5) is 4.39 Å². The summed E-state index contributed by atoms with van der Waals surface area (Å²) in [5.74, 6) is 0.347. The lowest BCUT2D eigenvalue weighted by Gasteiger charge is -2.12. The molecule has 1 aliphatic carbocycles. The summed E-state index contributed by atoms with van der Waals surface area (Å²) in [6.07, 6.45) is 3.13. The summed E-state index contributed by atoms with van der Waals surface area (Å²) in [4.78, 5) is 0. The molecular weight excluding hydrogens is 229 g/mol. The summed E-state index contributed by atoms with van der Waals surface area (Å²) < 4.78 is 18.9. The van der Waals surface area contributed by atoms with Crippen molar-refractivity contribution >= 4 is 11.6 Å². The Balaban J connectivity index is 2.22. The quantitative estimate of drug-likeness (QED) is 0.859. The molecule has 0 radical (unpaired) electrons. The Labute approximate surface area is 99.7 Å². The van der Waals surface area contributed by atoms with Gasteiger partial charge in [0.15, 0.2) is 0 Å². The Kier molecular flexibility index (Phi) is 3.66. The van der Waals surface area contributed by atoms with Crippen molar-refractivity contribution in [2.45, 2.75) is 25.4 Å². The van der Waals surface area contributed by atoms with Gasteiger partial charge in [-0.3, -0.25) is 0 Å². The minimum absolute atomic E-state index is 0.274. The molecule has 0 atom stereocenters. The van der Waals surface area contributed by atoms with E-state index in [0.29, 0.717) is 10.8 Å². The molecule has 0 amide bonds. The highest BCUT2D eigenvalue weighted by Gasteiger charge is 2.26. The number of nitrogens with one attached hydrogen (secondary N) is 1. The molecule has 0 spiro atoms. The molecule has 1 saturated carbocycles. The third-order valence-corrected chi connectivity index (χ3v) is 2.82. The molecular formula is C12H15ClFNO. The van der Waals surface area contributed by atoms with Crippen LogP contribution in [0, 0.1) is 5.82 Å². The summed E-state index contributed by atoms with van der Waals surface area (Å²) in [6, 6.07) is 2.81. The third kappa shape index (κ3) is 2.86. The van der Waals surface area contributed by atoms with Crippen molar-refractivity contribution in [1.82, 2.24) is 5.32 Å². The zero-order valence-corrected chi connectivity index (χ0v) is 9.98. The van der Waals surface area contributed by atoms with Crippen LogP contribution in [0.2, 0.25) is 5.02 Å². The highest BCUT2D eigenvalue weighted by Crippen LogP contribution is 2.35. The van der Waals surface area contributed by atoms with E-state index < -0.39 is 0 Å². The van der Waals surface area contributed by atoms with E-state index in [2.05, 4.69) is 5.32 Å². The molecule has 1 N–H and O–H groups in total. The second-order valence-corrected chi connectivity index (χ2v) is 4.45. The average molecular weight is 244 g/mol. The van der Waals surface area contributed by atoms with Gasteiger partial charge < -0.3 is 10.1 Å². The Morgan fingerprint density at radius 1 is 1.50 bits per heavy atom. The van der Waals surface area contributed by atoms with E-state index in [1.165, 1.54) is 12.1 Å². The molecule has 1 aliphatic rings. The van der Waals surface area contributed by atoms with Gasteiger partial charge >= 0.3 is 0 Å². The largest absolute Gasteiger partial charge is 0.489 e. The van der Waals surface area contributed by atoms with Crippen molar-refractivity contribution in [3.63, 3.8) is 0 Å². The van der Waals surface area contributed by atoms with Crippen LogP contribution in [-0.2, 0) is 6.42 Å². The molecule has 0 unspecified atom stereocenters. The van der Waals surface area contributed by atoms with Crippen molar-refractivity contribution in [2.75, 3.05) is 13.6 Å². The second-order valence-electron chi connectivity index (χ2n) is 4.05. The van der Waals surface area contributed by atoms with Gasteiger partial charge in [-0.15, -0.1) is 0 Å². The highest BCUT2D eigenvalue weighted by molar-refractivity contribution is 6.32. The fraction of sp³-hybridized carbons (Fsp3) is 0.500. The average Bonchev–Trinajstić information content (AvgIpc) is 3.03. The van der Waals surface area contributed by atoms with Crippen LogP contribution in [0.15, 0.2) is 12.1 Å². The first kappa shape index (κ1) is 11.7. The predicted molar refractivity (Wildman–Crippen MR) is 62.7 cm³/mol. The second kappa shape index (κ2) is 5.02.